The molecule has 134 valence electrons. The molecular weight excluding hydrogens is 316 g/mol. The molecule has 0 saturated carbocycles. The van der Waals surface area contributed by atoms with Crippen molar-refractivity contribution in [3.05, 3.63) is 77.9 Å². The SMILES string of the molecule is CC(C)c1cccc(C(C)C)c1Nc1cc(-c2ccccc2)ccc1N. The molecule has 0 spiro atoms. The summed E-state index contributed by atoms with van der Waals surface area (Å²) in [5.74, 6) is 0.879. The molecular formula is C24H28N2. The van der Waals surface area contributed by atoms with Gasteiger partial charge in [-0.1, -0.05) is 82.3 Å². The Bertz CT molecular complexity index is 854. The summed E-state index contributed by atoms with van der Waals surface area (Å²) in [4.78, 5) is 0. The van der Waals surface area contributed by atoms with E-state index in [-0.39, 0.29) is 0 Å². The predicted octanol–water partition coefficient (Wildman–Crippen LogP) is 6.93. The highest BCUT2D eigenvalue weighted by Crippen LogP contribution is 2.37. The van der Waals surface area contributed by atoms with Crippen LogP contribution in [0.1, 0.15) is 50.7 Å². The molecule has 0 atom stereocenters. The van der Waals surface area contributed by atoms with Crippen molar-refractivity contribution in [2.45, 2.75) is 39.5 Å². The summed E-state index contributed by atoms with van der Waals surface area (Å²) in [5.41, 5.74) is 14.2. The first-order valence-electron chi connectivity index (χ1n) is 9.32. The highest BCUT2D eigenvalue weighted by molar-refractivity contribution is 5.81. The molecule has 3 rings (SSSR count). The molecule has 0 aliphatic carbocycles. The topological polar surface area (TPSA) is 38.0 Å². The third-order valence-electron chi connectivity index (χ3n) is 4.79. The molecule has 0 fully saturated rings. The Hall–Kier alpha value is -2.74. The average molecular weight is 345 g/mol. The fourth-order valence-corrected chi connectivity index (χ4v) is 3.30. The van der Waals surface area contributed by atoms with E-state index in [9.17, 15) is 0 Å². The molecule has 0 aromatic heterocycles. The molecule has 0 bridgehead atoms. The van der Waals surface area contributed by atoms with Gasteiger partial charge < -0.3 is 11.1 Å². The average Bonchev–Trinajstić information content (AvgIpc) is 2.64. The van der Waals surface area contributed by atoms with Crippen molar-refractivity contribution in [2.75, 3.05) is 11.1 Å². The maximum Gasteiger partial charge on any atom is 0.0624 e. The number of nitrogens with one attached hydrogen (secondary N) is 1. The standard InChI is InChI=1S/C24H28N2/c1-16(2)20-11-8-12-21(17(3)4)24(20)26-23-15-19(13-14-22(23)25)18-9-6-5-7-10-18/h5-17,26H,25H2,1-4H3. The van der Waals surface area contributed by atoms with Gasteiger partial charge in [-0.15, -0.1) is 0 Å². The molecule has 3 aromatic carbocycles. The molecule has 0 saturated heterocycles. The van der Waals surface area contributed by atoms with Crippen LogP contribution in [0.25, 0.3) is 11.1 Å². The van der Waals surface area contributed by atoms with Gasteiger partial charge in [-0.3, -0.25) is 0 Å². The molecule has 3 aromatic rings. The maximum atomic E-state index is 6.31. The van der Waals surface area contributed by atoms with E-state index < -0.39 is 0 Å². The second-order valence-electron chi connectivity index (χ2n) is 7.41. The summed E-state index contributed by atoms with van der Waals surface area (Å²) in [6.45, 7) is 8.92. The lowest BCUT2D eigenvalue weighted by atomic mass is 9.92. The van der Waals surface area contributed by atoms with Crippen LogP contribution in [0, 0.1) is 0 Å². The van der Waals surface area contributed by atoms with E-state index in [0.29, 0.717) is 11.8 Å². The molecule has 0 amide bonds. The van der Waals surface area contributed by atoms with Gasteiger partial charge in [-0.05, 0) is 46.2 Å². The van der Waals surface area contributed by atoms with Crippen molar-refractivity contribution in [1.82, 2.24) is 0 Å². The number of benzene rings is 3. The van der Waals surface area contributed by atoms with Crippen LogP contribution < -0.4 is 11.1 Å². The van der Waals surface area contributed by atoms with Crippen LogP contribution in [0.4, 0.5) is 17.1 Å². The van der Waals surface area contributed by atoms with Gasteiger partial charge in [0.05, 0.1) is 11.4 Å². The van der Waals surface area contributed by atoms with Gasteiger partial charge in [0.25, 0.3) is 0 Å². The summed E-state index contributed by atoms with van der Waals surface area (Å²) in [6.07, 6.45) is 0. The van der Waals surface area contributed by atoms with Gasteiger partial charge in [0, 0.05) is 5.69 Å². The highest BCUT2D eigenvalue weighted by atomic mass is 14.9. The van der Waals surface area contributed by atoms with Gasteiger partial charge in [0.2, 0.25) is 0 Å². The normalized spacial score (nSPS) is 11.2. The summed E-state index contributed by atoms with van der Waals surface area (Å²) >= 11 is 0. The van der Waals surface area contributed by atoms with Crippen LogP contribution >= 0.6 is 0 Å². The van der Waals surface area contributed by atoms with Gasteiger partial charge >= 0.3 is 0 Å². The number of rotatable bonds is 5. The first kappa shape index (κ1) is 18.1. The summed E-state index contributed by atoms with van der Waals surface area (Å²) in [6, 6.07) is 23.2. The Morgan fingerprint density at radius 2 is 1.31 bits per heavy atom. The van der Waals surface area contributed by atoms with Crippen LogP contribution in [0.5, 0.6) is 0 Å². The Kier molecular flexibility index (Phi) is 5.32. The molecule has 3 N–H and O–H groups in total. The largest absolute Gasteiger partial charge is 0.397 e. The lowest BCUT2D eigenvalue weighted by molar-refractivity contribution is 0.838. The van der Waals surface area contributed by atoms with Crippen LogP contribution in [0.2, 0.25) is 0 Å². The van der Waals surface area contributed by atoms with Crippen molar-refractivity contribution in [3.8, 4) is 11.1 Å². The van der Waals surface area contributed by atoms with Gasteiger partial charge in [-0.2, -0.15) is 0 Å². The van der Waals surface area contributed by atoms with Gasteiger partial charge in [-0.25, -0.2) is 0 Å². The first-order valence-corrected chi connectivity index (χ1v) is 9.32. The first-order chi connectivity index (χ1) is 12.5. The van der Waals surface area contributed by atoms with E-state index in [2.05, 4.69) is 87.6 Å². The zero-order chi connectivity index (χ0) is 18.7. The quantitative estimate of drug-likeness (QED) is 0.493. The fraction of sp³-hybridized carbons (Fsp3) is 0.250. The van der Waals surface area contributed by atoms with Crippen LogP contribution in [-0.2, 0) is 0 Å². The zero-order valence-corrected chi connectivity index (χ0v) is 16.1. The molecule has 0 heterocycles. The molecule has 26 heavy (non-hydrogen) atoms. The second kappa shape index (κ2) is 7.65. The van der Waals surface area contributed by atoms with E-state index in [1.54, 1.807) is 0 Å². The predicted molar refractivity (Wildman–Crippen MR) is 114 cm³/mol. The van der Waals surface area contributed by atoms with E-state index in [1.165, 1.54) is 22.4 Å². The molecule has 0 aliphatic heterocycles. The zero-order valence-electron chi connectivity index (χ0n) is 16.1. The Morgan fingerprint density at radius 3 is 1.88 bits per heavy atom. The number of nitrogen functional groups attached to an aromatic ring is 1. The van der Waals surface area contributed by atoms with Gasteiger partial charge in [0.15, 0.2) is 0 Å². The number of hydrogen-bond donors (Lipinski definition) is 2. The molecule has 2 heteroatoms. The van der Waals surface area contributed by atoms with Crippen molar-refractivity contribution >= 4 is 17.1 Å². The Balaban J connectivity index is 2.07. The Labute approximate surface area is 157 Å². The minimum absolute atomic E-state index is 0.440. The van der Waals surface area contributed by atoms with Crippen LogP contribution in [0.3, 0.4) is 0 Å². The van der Waals surface area contributed by atoms with Gasteiger partial charge in [0.1, 0.15) is 0 Å². The van der Waals surface area contributed by atoms with Crippen LogP contribution in [-0.4, -0.2) is 0 Å². The van der Waals surface area contributed by atoms with Crippen LogP contribution in [0.15, 0.2) is 66.7 Å². The van der Waals surface area contributed by atoms with Crippen molar-refractivity contribution in [2.24, 2.45) is 0 Å². The number of para-hydroxylation sites is 1. The number of nitrogens with two attached hydrogens (primary N) is 1. The molecule has 2 nitrogen and oxygen atoms in total. The van der Waals surface area contributed by atoms with Crippen molar-refractivity contribution in [1.29, 1.82) is 0 Å². The third-order valence-corrected chi connectivity index (χ3v) is 4.79. The maximum absolute atomic E-state index is 6.31. The number of hydrogen-bond acceptors (Lipinski definition) is 2. The van der Waals surface area contributed by atoms with E-state index in [4.69, 9.17) is 5.73 Å². The number of anilines is 3. The molecule has 0 unspecified atom stereocenters. The smallest absolute Gasteiger partial charge is 0.0624 e. The summed E-state index contributed by atoms with van der Waals surface area (Å²) < 4.78 is 0. The minimum Gasteiger partial charge on any atom is -0.397 e. The highest BCUT2D eigenvalue weighted by Gasteiger charge is 2.15. The van der Waals surface area contributed by atoms with E-state index in [1.807, 2.05) is 12.1 Å². The summed E-state index contributed by atoms with van der Waals surface area (Å²) in [5, 5.41) is 3.66. The lowest BCUT2D eigenvalue weighted by Gasteiger charge is -2.22. The second-order valence-corrected chi connectivity index (χ2v) is 7.41. The minimum atomic E-state index is 0.440. The monoisotopic (exact) mass is 344 g/mol. The fourth-order valence-electron chi connectivity index (χ4n) is 3.30. The lowest BCUT2D eigenvalue weighted by Crippen LogP contribution is -2.05. The summed E-state index contributed by atoms with van der Waals surface area (Å²) in [7, 11) is 0. The van der Waals surface area contributed by atoms with Crippen molar-refractivity contribution in [3.63, 3.8) is 0 Å². The van der Waals surface area contributed by atoms with Crippen molar-refractivity contribution < 1.29 is 0 Å². The van der Waals surface area contributed by atoms with E-state index in [0.717, 1.165) is 16.9 Å². The third kappa shape index (κ3) is 3.75. The molecule has 0 radical (unpaired) electrons. The Morgan fingerprint density at radius 1 is 0.692 bits per heavy atom. The van der Waals surface area contributed by atoms with E-state index >= 15 is 0 Å². The molecule has 0 aliphatic rings.